The molecule has 9 heteroatoms. The van der Waals surface area contributed by atoms with Crippen molar-refractivity contribution < 1.29 is 23.8 Å². The van der Waals surface area contributed by atoms with Crippen LogP contribution < -0.4 is 4.74 Å². The minimum Gasteiger partial charge on any atom is -0.472 e. The van der Waals surface area contributed by atoms with E-state index in [9.17, 15) is 19.1 Å². The molecule has 0 saturated carbocycles. The molecule has 1 N–H and O–H groups in total. The smallest absolute Gasteiger partial charge is 0.259 e. The largest absolute Gasteiger partial charge is 0.472 e. The van der Waals surface area contributed by atoms with E-state index in [-0.39, 0.29) is 54.6 Å². The van der Waals surface area contributed by atoms with Crippen LogP contribution in [0.5, 0.6) is 5.88 Å². The van der Waals surface area contributed by atoms with Crippen molar-refractivity contribution >= 4 is 11.8 Å². The molecule has 0 bridgehead atoms. The minimum atomic E-state index is -0.456. The van der Waals surface area contributed by atoms with E-state index in [1.54, 1.807) is 66.5 Å². The summed E-state index contributed by atoms with van der Waals surface area (Å²) in [6.45, 7) is 4.13. The molecule has 2 aromatic heterocycles. The second-order valence-corrected chi connectivity index (χ2v) is 9.48. The Morgan fingerprint density at radius 3 is 2.65 bits per heavy atom. The number of aliphatic hydroxyl groups is 1. The molecule has 0 unspecified atom stereocenters. The Kier molecular flexibility index (Phi) is 8.13. The molecule has 3 aromatic rings. The van der Waals surface area contributed by atoms with Crippen LogP contribution in [0.2, 0.25) is 0 Å². The number of carbonyl (C=O) groups is 2. The summed E-state index contributed by atoms with van der Waals surface area (Å²) in [6.07, 6.45) is 2.94. The number of carbonyl (C=O) groups excluding carboxylic acids is 2. The van der Waals surface area contributed by atoms with Gasteiger partial charge in [0.25, 0.3) is 5.91 Å². The van der Waals surface area contributed by atoms with Crippen LogP contribution in [0, 0.1) is 11.7 Å². The molecule has 194 valence electrons. The fourth-order valence-corrected chi connectivity index (χ4v) is 4.28. The van der Waals surface area contributed by atoms with Crippen LogP contribution in [0.4, 0.5) is 4.39 Å². The van der Waals surface area contributed by atoms with Crippen LogP contribution in [0.3, 0.4) is 0 Å². The van der Waals surface area contributed by atoms with Crippen LogP contribution in [0.25, 0.3) is 11.1 Å². The predicted molar refractivity (Wildman–Crippen MR) is 136 cm³/mol. The van der Waals surface area contributed by atoms with Crippen molar-refractivity contribution in [3.63, 3.8) is 0 Å². The lowest BCUT2D eigenvalue weighted by Crippen LogP contribution is -2.50. The lowest BCUT2D eigenvalue weighted by Gasteiger charge is -2.37. The molecule has 2 amide bonds. The number of benzene rings is 1. The molecule has 3 atom stereocenters. The van der Waals surface area contributed by atoms with E-state index in [4.69, 9.17) is 4.74 Å². The second kappa shape index (κ2) is 11.5. The van der Waals surface area contributed by atoms with Crippen molar-refractivity contribution in [2.24, 2.45) is 5.92 Å². The topological polar surface area (TPSA) is 95.9 Å². The highest BCUT2D eigenvalue weighted by molar-refractivity contribution is 5.98. The molecule has 0 saturated heterocycles. The van der Waals surface area contributed by atoms with Crippen molar-refractivity contribution in [1.29, 1.82) is 0 Å². The van der Waals surface area contributed by atoms with E-state index in [0.717, 1.165) is 0 Å². The number of rotatable bonds is 7. The molecule has 0 radical (unpaired) electrons. The van der Waals surface area contributed by atoms with E-state index in [2.05, 4.69) is 9.97 Å². The lowest BCUT2D eigenvalue weighted by molar-refractivity contribution is -0.130. The number of fused-ring (bicyclic) bond motifs is 1. The number of halogens is 1. The van der Waals surface area contributed by atoms with Gasteiger partial charge in [-0.05, 0) is 42.8 Å². The van der Waals surface area contributed by atoms with Gasteiger partial charge in [0.2, 0.25) is 11.8 Å². The van der Waals surface area contributed by atoms with Gasteiger partial charge >= 0.3 is 0 Å². The van der Waals surface area contributed by atoms with Crippen molar-refractivity contribution in [1.82, 2.24) is 19.8 Å². The first-order valence-electron chi connectivity index (χ1n) is 12.2. The highest BCUT2D eigenvalue weighted by atomic mass is 19.1. The van der Waals surface area contributed by atoms with Gasteiger partial charge in [-0.15, -0.1) is 0 Å². The normalized spacial score (nSPS) is 18.3. The van der Waals surface area contributed by atoms with Crippen LogP contribution in [-0.4, -0.2) is 75.6 Å². The first-order chi connectivity index (χ1) is 17.8. The molecular formula is C28H31FN4O4. The third kappa shape index (κ3) is 6.11. The molecule has 0 spiro atoms. The van der Waals surface area contributed by atoms with Crippen LogP contribution in [0.15, 0.2) is 60.9 Å². The molecule has 1 aliphatic heterocycles. The molecule has 3 heterocycles. The van der Waals surface area contributed by atoms with Gasteiger partial charge in [-0.3, -0.25) is 14.6 Å². The predicted octanol–water partition coefficient (Wildman–Crippen LogP) is 3.20. The van der Waals surface area contributed by atoms with E-state index in [1.165, 1.54) is 12.1 Å². The summed E-state index contributed by atoms with van der Waals surface area (Å²) in [5, 5.41) is 9.85. The number of aliphatic hydroxyl groups excluding tert-OH is 1. The molecule has 4 rings (SSSR count). The summed E-state index contributed by atoms with van der Waals surface area (Å²) in [4.78, 5) is 38.4. The first kappa shape index (κ1) is 26.2. The first-order valence-corrected chi connectivity index (χ1v) is 12.2. The Hall–Kier alpha value is -3.85. The Morgan fingerprint density at radius 2 is 1.97 bits per heavy atom. The highest BCUT2D eigenvalue weighted by Gasteiger charge is 2.34. The maximum atomic E-state index is 13.6. The Balaban J connectivity index is 1.63. The quantitative estimate of drug-likeness (QED) is 0.529. The maximum Gasteiger partial charge on any atom is 0.259 e. The number of ether oxygens (including phenoxy) is 1. The standard InChI is InChI=1S/C28H31FN4O4/c1-18-15-33(19(2)17-34)28(36)24-12-21(20-7-9-22(29)10-8-20)14-31-27(24)37-25(18)16-32(3)26(35)13-23-6-4-5-11-30-23/h4-12,14,18-19,25,34H,13,15-17H2,1-3H3/t18-,19+,25+/m1/s1. The zero-order valence-electron chi connectivity index (χ0n) is 21.2. The Morgan fingerprint density at radius 1 is 1.22 bits per heavy atom. The lowest BCUT2D eigenvalue weighted by atomic mass is 9.99. The van der Waals surface area contributed by atoms with Gasteiger partial charge in [0, 0.05) is 43.2 Å². The fourth-order valence-electron chi connectivity index (χ4n) is 4.28. The van der Waals surface area contributed by atoms with E-state index in [1.807, 2.05) is 13.0 Å². The second-order valence-electron chi connectivity index (χ2n) is 9.48. The van der Waals surface area contributed by atoms with Crippen molar-refractivity contribution in [3.8, 4) is 17.0 Å². The van der Waals surface area contributed by atoms with Gasteiger partial charge in [0.05, 0.1) is 25.6 Å². The molecule has 1 aromatic carbocycles. The minimum absolute atomic E-state index is 0.104. The van der Waals surface area contributed by atoms with Crippen LogP contribution >= 0.6 is 0 Å². The number of hydrogen-bond acceptors (Lipinski definition) is 6. The van der Waals surface area contributed by atoms with Crippen molar-refractivity contribution in [2.75, 3.05) is 26.7 Å². The van der Waals surface area contributed by atoms with Crippen LogP contribution in [-0.2, 0) is 11.2 Å². The average molecular weight is 507 g/mol. The van der Waals surface area contributed by atoms with Crippen molar-refractivity contribution in [3.05, 3.63) is 78.0 Å². The molecular weight excluding hydrogens is 475 g/mol. The van der Waals surface area contributed by atoms with Gasteiger partial charge in [0.15, 0.2) is 0 Å². The monoisotopic (exact) mass is 506 g/mol. The fraction of sp³-hybridized carbons (Fsp3) is 0.357. The third-order valence-corrected chi connectivity index (χ3v) is 6.64. The van der Waals surface area contributed by atoms with Gasteiger partial charge in [-0.1, -0.05) is 25.1 Å². The van der Waals surface area contributed by atoms with E-state index in [0.29, 0.717) is 23.4 Å². The molecule has 1 aliphatic rings. The van der Waals surface area contributed by atoms with Gasteiger partial charge in [-0.2, -0.15) is 0 Å². The third-order valence-electron chi connectivity index (χ3n) is 6.64. The SMILES string of the molecule is C[C@@H]1CN([C@@H](C)CO)C(=O)c2cc(-c3ccc(F)cc3)cnc2O[C@H]1CN(C)C(=O)Cc1ccccn1. The van der Waals surface area contributed by atoms with E-state index < -0.39 is 12.1 Å². The highest BCUT2D eigenvalue weighted by Crippen LogP contribution is 2.30. The van der Waals surface area contributed by atoms with Crippen molar-refractivity contribution in [2.45, 2.75) is 32.4 Å². The Labute approximate surface area is 215 Å². The van der Waals surface area contributed by atoms with Gasteiger partial charge in [-0.25, -0.2) is 9.37 Å². The summed E-state index contributed by atoms with van der Waals surface area (Å²) in [5.41, 5.74) is 2.28. The molecule has 0 aliphatic carbocycles. The summed E-state index contributed by atoms with van der Waals surface area (Å²) in [5.74, 6) is -0.766. The zero-order valence-corrected chi connectivity index (χ0v) is 21.2. The number of aromatic nitrogens is 2. The molecule has 8 nitrogen and oxygen atoms in total. The summed E-state index contributed by atoms with van der Waals surface area (Å²) >= 11 is 0. The Bertz CT molecular complexity index is 1240. The summed E-state index contributed by atoms with van der Waals surface area (Å²) < 4.78 is 19.7. The average Bonchev–Trinajstić information content (AvgIpc) is 2.91. The molecule has 37 heavy (non-hydrogen) atoms. The number of pyridine rings is 2. The summed E-state index contributed by atoms with van der Waals surface area (Å²) in [7, 11) is 1.71. The zero-order chi connectivity index (χ0) is 26.5. The number of hydrogen-bond donors (Lipinski definition) is 1. The maximum absolute atomic E-state index is 13.6. The van der Waals surface area contributed by atoms with Gasteiger partial charge in [0.1, 0.15) is 17.5 Å². The van der Waals surface area contributed by atoms with Gasteiger partial charge < -0.3 is 19.6 Å². The van der Waals surface area contributed by atoms with Crippen LogP contribution in [0.1, 0.15) is 29.9 Å². The number of likely N-dealkylation sites (N-methyl/N-ethyl adjacent to an activating group) is 1. The summed E-state index contributed by atoms with van der Waals surface area (Å²) in [6, 6.07) is 12.6. The number of nitrogens with zero attached hydrogens (tertiary/aromatic N) is 4. The molecule has 0 fully saturated rings. The number of amides is 2. The van der Waals surface area contributed by atoms with E-state index >= 15 is 0 Å².